The quantitative estimate of drug-likeness (QED) is 0.751. The van der Waals surface area contributed by atoms with Crippen LogP contribution in [0.1, 0.15) is 33.6 Å². The van der Waals surface area contributed by atoms with E-state index in [0.29, 0.717) is 25.6 Å². The zero-order chi connectivity index (χ0) is 16.0. The zero-order valence-corrected chi connectivity index (χ0v) is 13.5. The van der Waals surface area contributed by atoms with E-state index in [0.717, 1.165) is 12.8 Å². The van der Waals surface area contributed by atoms with Crippen molar-refractivity contribution >= 4 is 11.8 Å². The van der Waals surface area contributed by atoms with Crippen molar-refractivity contribution in [2.24, 2.45) is 11.3 Å². The van der Waals surface area contributed by atoms with Gasteiger partial charge in [-0.25, -0.2) is 0 Å². The fraction of sp³-hybridized carbons (Fsp3) is 0.750. The van der Waals surface area contributed by atoms with Crippen molar-refractivity contribution in [3.63, 3.8) is 0 Å². The Morgan fingerprint density at radius 2 is 2.14 bits per heavy atom. The van der Waals surface area contributed by atoms with Gasteiger partial charge in [0.05, 0.1) is 13.2 Å². The number of nitrogens with zero attached hydrogens (tertiary/aromatic N) is 2. The maximum atomic E-state index is 12.4. The second-order valence-electron chi connectivity index (χ2n) is 6.15. The van der Waals surface area contributed by atoms with Gasteiger partial charge < -0.3 is 14.9 Å². The molecular weight excluding hydrogens is 268 g/mol. The van der Waals surface area contributed by atoms with Crippen LogP contribution in [0.2, 0.25) is 0 Å². The molecule has 5 heteroatoms. The molecule has 1 saturated heterocycles. The second-order valence-corrected chi connectivity index (χ2v) is 6.15. The molecule has 0 aliphatic carbocycles. The van der Waals surface area contributed by atoms with Crippen LogP contribution in [-0.2, 0) is 9.59 Å². The Kier molecular flexibility index (Phi) is 6.40. The van der Waals surface area contributed by atoms with E-state index in [9.17, 15) is 14.7 Å². The van der Waals surface area contributed by atoms with Gasteiger partial charge in [0.25, 0.3) is 0 Å². The SMILES string of the molecule is C=CC(=O)N(CC)CC(=O)N1CCCC(CO)(C(C)C)C1. The second kappa shape index (κ2) is 7.59. The fourth-order valence-electron chi connectivity index (χ4n) is 2.89. The molecule has 0 spiro atoms. The van der Waals surface area contributed by atoms with E-state index >= 15 is 0 Å². The monoisotopic (exact) mass is 296 g/mol. The molecule has 1 rings (SSSR count). The van der Waals surface area contributed by atoms with E-state index in [2.05, 4.69) is 20.4 Å². The minimum Gasteiger partial charge on any atom is -0.396 e. The van der Waals surface area contributed by atoms with Crippen molar-refractivity contribution in [1.82, 2.24) is 9.80 Å². The molecule has 120 valence electrons. The van der Waals surface area contributed by atoms with Crippen LogP contribution < -0.4 is 0 Å². The Labute approximate surface area is 127 Å². The Morgan fingerprint density at radius 1 is 1.48 bits per heavy atom. The Bertz CT molecular complexity index is 395. The normalized spacial score (nSPS) is 22.2. The standard InChI is InChI=1S/C16H28N2O3/c1-5-14(20)17(6-2)10-15(21)18-9-7-8-16(11-18,12-19)13(3)4/h5,13,19H,1,6-12H2,2-4H3. The lowest BCUT2D eigenvalue weighted by Crippen LogP contribution is -2.52. The Balaban J connectivity index is 2.74. The van der Waals surface area contributed by atoms with E-state index in [-0.39, 0.29) is 30.4 Å². The number of hydrogen-bond donors (Lipinski definition) is 1. The molecule has 21 heavy (non-hydrogen) atoms. The summed E-state index contributed by atoms with van der Waals surface area (Å²) in [6, 6.07) is 0. The molecule has 0 saturated carbocycles. The van der Waals surface area contributed by atoms with E-state index in [1.807, 2.05) is 6.92 Å². The summed E-state index contributed by atoms with van der Waals surface area (Å²) in [7, 11) is 0. The first-order valence-electron chi connectivity index (χ1n) is 7.70. The van der Waals surface area contributed by atoms with Gasteiger partial charge in [-0.15, -0.1) is 0 Å². The summed E-state index contributed by atoms with van der Waals surface area (Å²) in [5.74, 6) is 0.0422. The highest BCUT2D eigenvalue weighted by Crippen LogP contribution is 2.36. The largest absolute Gasteiger partial charge is 0.396 e. The van der Waals surface area contributed by atoms with Crippen molar-refractivity contribution in [2.45, 2.75) is 33.6 Å². The topological polar surface area (TPSA) is 60.9 Å². The van der Waals surface area contributed by atoms with Crippen LogP contribution in [0, 0.1) is 11.3 Å². The maximum absolute atomic E-state index is 12.4. The number of hydrogen-bond acceptors (Lipinski definition) is 3. The van der Waals surface area contributed by atoms with Crippen molar-refractivity contribution in [3.05, 3.63) is 12.7 Å². The molecule has 0 bridgehead atoms. The van der Waals surface area contributed by atoms with Crippen molar-refractivity contribution < 1.29 is 14.7 Å². The minimum absolute atomic E-state index is 0.0507. The van der Waals surface area contributed by atoms with Crippen LogP contribution in [0.4, 0.5) is 0 Å². The first-order chi connectivity index (χ1) is 9.90. The van der Waals surface area contributed by atoms with Crippen molar-refractivity contribution in [1.29, 1.82) is 0 Å². The van der Waals surface area contributed by atoms with E-state index in [1.165, 1.54) is 11.0 Å². The number of likely N-dealkylation sites (tertiary alicyclic amines) is 1. The molecule has 1 aliphatic rings. The third-order valence-electron chi connectivity index (χ3n) is 4.69. The van der Waals surface area contributed by atoms with E-state index in [1.54, 1.807) is 4.90 Å². The number of aliphatic hydroxyl groups excluding tert-OH is 1. The molecule has 1 N–H and O–H groups in total. The highest BCUT2D eigenvalue weighted by atomic mass is 16.3. The highest BCUT2D eigenvalue weighted by molar-refractivity contribution is 5.90. The third-order valence-corrected chi connectivity index (χ3v) is 4.69. The smallest absolute Gasteiger partial charge is 0.246 e. The van der Waals surface area contributed by atoms with Crippen LogP contribution in [0.15, 0.2) is 12.7 Å². The van der Waals surface area contributed by atoms with Gasteiger partial charge in [-0.2, -0.15) is 0 Å². The molecule has 1 fully saturated rings. The molecule has 0 aromatic heterocycles. The molecule has 5 nitrogen and oxygen atoms in total. The summed E-state index contributed by atoms with van der Waals surface area (Å²) in [6.45, 7) is 11.4. The van der Waals surface area contributed by atoms with Crippen molar-refractivity contribution in [2.75, 3.05) is 32.8 Å². The molecular formula is C16H28N2O3. The van der Waals surface area contributed by atoms with Crippen LogP contribution >= 0.6 is 0 Å². The zero-order valence-electron chi connectivity index (χ0n) is 13.5. The van der Waals surface area contributed by atoms with E-state index < -0.39 is 0 Å². The number of amides is 2. The van der Waals surface area contributed by atoms with Crippen LogP contribution in [-0.4, -0.2) is 59.5 Å². The Hall–Kier alpha value is -1.36. The first-order valence-corrected chi connectivity index (χ1v) is 7.70. The van der Waals surface area contributed by atoms with Crippen LogP contribution in [0.3, 0.4) is 0 Å². The number of piperidine rings is 1. The lowest BCUT2D eigenvalue weighted by atomic mass is 9.72. The van der Waals surface area contributed by atoms with Gasteiger partial charge >= 0.3 is 0 Å². The molecule has 0 aromatic rings. The van der Waals surface area contributed by atoms with E-state index in [4.69, 9.17) is 0 Å². The first kappa shape index (κ1) is 17.7. The van der Waals surface area contributed by atoms with Gasteiger partial charge in [0.2, 0.25) is 11.8 Å². The lowest BCUT2D eigenvalue weighted by Gasteiger charge is -2.45. The highest BCUT2D eigenvalue weighted by Gasteiger charge is 2.39. The van der Waals surface area contributed by atoms with Gasteiger partial charge in [-0.05, 0) is 31.8 Å². The summed E-state index contributed by atoms with van der Waals surface area (Å²) in [5, 5.41) is 9.75. The molecule has 1 heterocycles. The predicted molar refractivity (Wildman–Crippen MR) is 82.6 cm³/mol. The molecule has 1 atom stereocenters. The number of rotatable bonds is 6. The van der Waals surface area contributed by atoms with Gasteiger partial charge in [-0.1, -0.05) is 20.4 Å². The molecule has 0 aromatic carbocycles. The van der Waals surface area contributed by atoms with Gasteiger partial charge in [0.15, 0.2) is 0 Å². The van der Waals surface area contributed by atoms with Crippen LogP contribution in [0.25, 0.3) is 0 Å². The average molecular weight is 296 g/mol. The van der Waals surface area contributed by atoms with Gasteiger partial charge in [0, 0.05) is 25.0 Å². The predicted octanol–water partition coefficient (Wildman–Crippen LogP) is 1.28. The number of aliphatic hydroxyl groups is 1. The van der Waals surface area contributed by atoms with Gasteiger partial charge in [-0.3, -0.25) is 9.59 Å². The van der Waals surface area contributed by atoms with Crippen molar-refractivity contribution in [3.8, 4) is 0 Å². The fourth-order valence-corrected chi connectivity index (χ4v) is 2.89. The maximum Gasteiger partial charge on any atom is 0.246 e. The molecule has 1 unspecified atom stereocenters. The number of carbonyl (C=O) groups is 2. The lowest BCUT2D eigenvalue weighted by molar-refractivity contribution is -0.142. The van der Waals surface area contributed by atoms with Crippen LogP contribution in [0.5, 0.6) is 0 Å². The summed E-state index contributed by atoms with van der Waals surface area (Å²) >= 11 is 0. The Morgan fingerprint density at radius 3 is 2.62 bits per heavy atom. The summed E-state index contributed by atoms with van der Waals surface area (Å²) in [4.78, 5) is 27.4. The summed E-state index contributed by atoms with van der Waals surface area (Å²) in [5.41, 5.74) is -0.215. The van der Waals surface area contributed by atoms with Gasteiger partial charge in [0.1, 0.15) is 0 Å². The number of carbonyl (C=O) groups excluding carboxylic acids is 2. The molecule has 0 radical (unpaired) electrons. The molecule has 1 aliphatic heterocycles. The summed E-state index contributed by atoms with van der Waals surface area (Å²) < 4.78 is 0. The summed E-state index contributed by atoms with van der Waals surface area (Å²) in [6.07, 6.45) is 3.07. The average Bonchev–Trinajstić information content (AvgIpc) is 2.51. The molecule has 2 amide bonds. The minimum atomic E-state index is -0.222. The number of likely N-dealkylation sites (N-methyl/N-ethyl adjacent to an activating group) is 1. The third kappa shape index (κ3) is 4.06.